The minimum atomic E-state index is 0.886. The first-order chi connectivity index (χ1) is 13.8. The quantitative estimate of drug-likeness (QED) is 0.233. The van der Waals surface area contributed by atoms with E-state index in [1.165, 1.54) is 95.6 Å². The summed E-state index contributed by atoms with van der Waals surface area (Å²) in [6, 6.07) is 10.6. The maximum Gasteiger partial charge on any atom is 0.0205 e. The van der Waals surface area contributed by atoms with Crippen LogP contribution in [0.2, 0.25) is 0 Å². The minimum Gasteiger partial charge on any atom is -0.317 e. The van der Waals surface area contributed by atoms with Gasteiger partial charge in [-0.05, 0) is 44.0 Å². The highest BCUT2D eigenvalue weighted by Crippen LogP contribution is 2.13. The van der Waals surface area contributed by atoms with Gasteiger partial charge in [-0.2, -0.15) is 0 Å². The molecule has 28 heavy (non-hydrogen) atoms. The Balaban J connectivity index is 1.68. The van der Waals surface area contributed by atoms with Gasteiger partial charge >= 0.3 is 0 Å². The minimum absolute atomic E-state index is 0.886. The average Bonchev–Trinajstić information content (AvgIpc) is 2.70. The summed E-state index contributed by atoms with van der Waals surface area (Å²) in [4.78, 5) is 0. The molecule has 162 valence electrons. The molecule has 0 bridgehead atoms. The van der Waals surface area contributed by atoms with Gasteiger partial charge in [0, 0.05) is 6.54 Å². The summed E-state index contributed by atoms with van der Waals surface area (Å²) in [5.41, 5.74) is 1.37. The van der Waals surface area contributed by atoms with Crippen molar-refractivity contribution in [3.05, 3.63) is 35.9 Å². The van der Waals surface area contributed by atoms with E-state index in [9.17, 15) is 0 Å². The molecule has 2 heteroatoms. The van der Waals surface area contributed by atoms with Gasteiger partial charge in [-0.25, -0.2) is 0 Å². The molecule has 1 aromatic rings. The van der Waals surface area contributed by atoms with E-state index in [-0.39, 0.29) is 0 Å². The first-order valence-electron chi connectivity index (χ1n) is 12.2. The summed E-state index contributed by atoms with van der Waals surface area (Å²) in [5, 5.41) is 7.10. The van der Waals surface area contributed by atoms with E-state index in [4.69, 9.17) is 0 Å². The van der Waals surface area contributed by atoms with Crippen molar-refractivity contribution >= 4 is 0 Å². The van der Waals surface area contributed by atoms with Crippen LogP contribution >= 0.6 is 0 Å². The number of benzene rings is 1. The molecule has 0 radical (unpaired) electrons. The number of nitrogens with one attached hydrogen (secondary N) is 2. The van der Waals surface area contributed by atoms with Crippen LogP contribution in [0.5, 0.6) is 0 Å². The summed E-state index contributed by atoms with van der Waals surface area (Å²) in [7, 11) is 0. The zero-order chi connectivity index (χ0) is 20.1. The van der Waals surface area contributed by atoms with E-state index in [0.29, 0.717) is 0 Å². The molecular weight excluding hydrogens is 340 g/mol. The maximum absolute atomic E-state index is 3.59. The molecule has 0 aliphatic carbocycles. The molecule has 1 aromatic carbocycles. The van der Waals surface area contributed by atoms with Gasteiger partial charge in [-0.3, -0.25) is 0 Å². The standard InChI is InChI=1S/C26H48N2/c1-25(2)18-13-10-8-6-4-3-5-7-9-11-16-21-27-22-17-23-28-24-26-19-14-12-15-20-26/h12,14-15,19-20,25,27-28H,3-11,13,16-18,21-24H2,1-2H3. The maximum atomic E-state index is 3.59. The molecule has 0 spiro atoms. The highest BCUT2D eigenvalue weighted by Gasteiger charge is 1.96. The molecule has 0 atom stereocenters. The van der Waals surface area contributed by atoms with Crippen LogP contribution in [-0.4, -0.2) is 19.6 Å². The van der Waals surface area contributed by atoms with E-state index < -0.39 is 0 Å². The molecule has 2 nitrogen and oxygen atoms in total. The van der Waals surface area contributed by atoms with Gasteiger partial charge in [0.25, 0.3) is 0 Å². The lowest BCUT2D eigenvalue weighted by atomic mass is 10.0. The van der Waals surface area contributed by atoms with Crippen LogP contribution in [0.1, 0.15) is 103 Å². The van der Waals surface area contributed by atoms with E-state index >= 15 is 0 Å². The first-order valence-corrected chi connectivity index (χ1v) is 12.2. The van der Waals surface area contributed by atoms with Crippen molar-refractivity contribution in [1.82, 2.24) is 10.6 Å². The summed E-state index contributed by atoms with van der Waals surface area (Å²) >= 11 is 0. The van der Waals surface area contributed by atoms with Crippen molar-refractivity contribution in [2.45, 2.75) is 104 Å². The molecular formula is C26H48N2. The van der Waals surface area contributed by atoms with Gasteiger partial charge in [-0.1, -0.05) is 115 Å². The van der Waals surface area contributed by atoms with Crippen molar-refractivity contribution in [3.8, 4) is 0 Å². The molecule has 1 rings (SSSR count). The lowest BCUT2D eigenvalue weighted by Gasteiger charge is -2.07. The summed E-state index contributed by atoms with van der Waals surface area (Å²) in [6.07, 6.45) is 18.4. The number of hydrogen-bond acceptors (Lipinski definition) is 2. The third kappa shape index (κ3) is 17.3. The number of hydrogen-bond donors (Lipinski definition) is 2. The molecule has 0 heterocycles. The molecule has 0 saturated heterocycles. The molecule has 0 aliphatic rings. The van der Waals surface area contributed by atoms with Crippen LogP contribution in [0.25, 0.3) is 0 Å². The summed E-state index contributed by atoms with van der Waals surface area (Å²) < 4.78 is 0. The average molecular weight is 389 g/mol. The first kappa shape index (κ1) is 25.2. The SMILES string of the molecule is CC(C)CCCCCCCCCCCCCNCCCNCc1ccccc1. The van der Waals surface area contributed by atoms with Crippen LogP contribution in [0.3, 0.4) is 0 Å². The molecule has 0 fully saturated rings. The Morgan fingerprint density at radius 3 is 1.68 bits per heavy atom. The van der Waals surface area contributed by atoms with Crippen LogP contribution in [0, 0.1) is 5.92 Å². The molecule has 0 aliphatic heterocycles. The number of unbranched alkanes of at least 4 members (excludes halogenated alkanes) is 10. The normalized spacial score (nSPS) is 11.4. The van der Waals surface area contributed by atoms with Crippen molar-refractivity contribution < 1.29 is 0 Å². The Bertz CT molecular complexity index is 416. The Morgan fingerprint density at radius 2 is 1.07 bits per heavy atom. The zero-order valence-corrected chi connectivity index (χ0v) is 19.0. The van der Waals surface area contributed by atoms with E-state index in [2.05, 4.69) is 54.8 Å². The van der Waals surface area contributed by atoms with Gasteiger partial charge in [0.2, 0.25) is 0 Å². The fraction of sp³-hybridized carbons (Fsp3) is 0.769. The van der Waals surface area contributed by atoms with E-state index in [1.54, 1.807) is 0 Å². The molecule has 0 amide bonds. The zero-order valence-electron chi connectivity index (χ0n) is 19.0. The second-order valence-corrected chi connectivity index (χ2v) is 8.84. The Hall–Kier alpha value is -0.860. The predicted molar refractivity (Wildman–Crippen MR) is 126 cm³/mol. The molecule has 0 unspecified atom stereocenters. The predicted octanol–water partition coefficient (Wildman–Crippen LogP) is 7.09. The van der Waals surface area contributed by atoms with Gasteiger partial charge in [0.05, 0.1) is 0 Å². The Morgan fingerprint density at radius 1 is 0.571 bits per heavy atom. The number of rotatable bonds is 20. The molecule has 0 aromatic heterocycles. The summed E-state index contributed by atoms with van der Waals surface area (Å²) in [5.74, 6) is 0.886. The van der Waals surface area contributed by atoms with Gasteiger partial charge in [0.15, 0.2) is 0 Å². The summed E-state index contributed by atoms with van der Waals surface area (Å²) in [6.45, 7) is 9.08. The third-order valence-corrected chi connectivity index (χ3v) is 5.51. The van der Waals surface area contributed by atoms with Crippen molar-refractivity contribution in [3.63, 3.8) is 0 Å². The molecule has 2 N–H and O–H groups in total. The van der Waals surface area contributed by atoms with Crippen LogP contribution < -0.4 is 10.6 Å². The second-order valence-electron chi connectivity index (χ2n) is 8.84. The second kappa shape index (κ2) is 19.5. The molecule has 0 saturated carbocycles. The fourth-order valence-corrected chi connectivity index (χ4v) is 3.69. The third-order valence-electron chi connectivity index (χ3n) is 5.51. The topological polar surface area (TPSA) is 24.1 Å². The van der Waals surface area contributed by atoms with Gasteiger partial charge < -0.3 is 10.6 Å². The Labute approximate surface area is 176 Å². The Kier molecular flexibility index (Phi) is 17.5. The van der Waals surface area contributed by atoms with Crippen molar-refractivity contribution in [2.24, 2.45) is 5.92 Å². The monoisotopic (exact) mass is 388 g/mol. The smallest absolute Gasteiger partial charge is 0.0205 e. The lowest BCUT2D eigenvalue weighted by molar-refractivity contribution is 0.502. The van der Waals surface area contributed by atoms with E-state index in [0.717, 1.165) is 25.6 Å². The highest BCUT2D eigenvalue weighted by molar-refractivity contribution is 5.14. The van der Waals surface area contributed by atoms with Crippen LogP contribution in [-0.2, 0) is 6.54 Å². The van der Waals surface area contributed by atoms with Crippen molar-refractivity contribution in [2.75, 3.05) is 19.6 Å². The fourth-order valence-electron chi connectivity index (χ4n) is 3.69. The van der Waals surface area contributed by atoms with Crippen LogP contribution in [0.15, 0.2) is 30.3 Å². The largest absolute Gasteiger partial charge is 0.317 e. The van der Waals surface area contributed by atoms with Crippen LogP contribution in [0.4, 0.5) is 0 Å². The highest BCUT2D eigenvalue weighted by atomic mass is 14.9. The lowest BCUT2D eigenvalue weighted by Crippen LogP contribution is -2.22. The van der Waals surface area contributed by atoms with Crippen molar-refractivity contribution in [1.29, 1.82) is 0 Å². The van der Waals surface area contributed by atoms with E-state index in [1.807, 2.05) is 0 Å². The van der Waals surface area contributed by atoms with Gasteiger partial charge in [0.1, 0.15) is 0 Å². The van der Waals surface area contributed by atoms with Gasteiger partial charge in [-0.15, -0.1) is 0 Å².